The molecule has 1 aromatic carbocycles. The van der Waals surface area contributed by atoms with Gasteiger partial charge in [0.15, 0.2) is 17.4 Å². The summed E-state index contributed by atoms with van der Waals surface area (Å²) in [4.78, 5) is 65.0. The minimum Gasteiger partial charge on any atom is -0.503 e. The second kappa shape index (κ2) is 20.7. The second-order valence-corrected chi connectivity index (χ2v) is 13.6. The molecule has 50 heavy (non-hydrogen) atoms. The standard InChI is InChI=1S/C34H54F4N6O6/c1-10-12-21(42-32(48)22(14-17(5)6)43-33(49)23-24(35)26(37)29(45)27(38)25(23)36)31(47)41-20(13-16(3)4)15-40-19(9)30(46)44-28(18(7)8)34(50)39-11-2/h16-22,28,40,45H,10-15H2,1-9H3,(H,39,50)(H,41,47)(H,42,48)(H,43,49)(H,44,46)/t19-,20-,21-,22-,28-/m0/s1. The van der Waals surface area contributed by atoms with E-state index in [2.05, 4.69) is 31.9 Å². The number of rotatable bonds is 20. The van der Waals surface area contributed by atoms with Crippen LogP contribution in [0.3, 0.4) is 0 Å². The van der Waals surface area contributed by atoms with Crippen LogP contribution in [0.4, 0.5) is 17.6 Å². The van der Waals surface area contributed by atoms with E-state index in [1.165, 1.54) is 0 Å². The lowest BCUT2D eigenvalue weighted by molar-refractivity contribution is -0.131. The number of hydrogen-bond acceptors (Lipinski definition) is 7. The molecule has 0 saturated carbocycles. The fourth-order valence-electron chi connectivity index (χ4n) is 5.16. The maximum absolute atomic E-state index is 14.4. The van der Waals surface area contributed by atoms with E-state index in [0.29, 0.717) is 19.4 Å². The number of aromatic hydroxyl groups is 1. The Balaban J connectivity index is 3.11. The van der Waals surface area contributed by atoms with Gasteiger partial charge in [-0.1, -0.05) is 54.9 Å². The van der Waals surface area contributed by atoms with E-state index in [1.54, 1.807) is 34.6 Å². The van der Waals surface area contributed by atoms with Crippen LogP contribution in [-0.2, 0) is 19.2 Å². The van der Waals surface area contributed by atoms with Crippen molar-refractivity contribution in [2.24, 2.45) is 17.8 Å². The van der Waals surface area contributed by atoms with E-state index in [1.807, 2.05) is 27.7 Å². The molecule has 0 fully saturated rings. The van der Waals surface area contributed by atoms with Gasteiger partial charge in [0, 0.05) is 19.1 Å². The van der Waals surface area contributed by atoms with Gasteiger partial charge in [0.2, 0.25) is 35.3 Å². The maximum atomic E-state index is 14.4. The van der Waals surface area contributed by atoms with Crippen molar-refractivity contribution >= 4 is 29.5 Å². The van der Waals surface area contributed by atoms with E-state index in [4.69, 9.17) is 0 Å². The average molecular weight is 719 g/mol. The minimum atomic E-state index is -2.17. The van der Waals surface area contributed by atoms with Gasteiger partial charge >= 0.3 is 0 Å². The van der Waals surface area contributed by atoms with Crippen LogP contribution in [0, 0.1) is 41.0 Å². The van der Waals surface area contributed by atoms with Crippen molar-refractivity contribution in [3.8, 4) is 5.75 Å². The minimum absolute atomic E-state index is 0.0675. The monoisotopic (exact) mass is 718 g/mol. The molecule has 0 radical (unpaired) electrons. The molecule has 0 spiro atoms. The fraction of sp³-hybridized carbons (Fsp3) is 0.676. The van der Waals surface area contributed by atoms with Gasteiger partial charge in [-0.25, -0.2) is 8.78 Å². The van der Waals surface area contributed by atoms with Crippen LogP contribution in [0.15, 0.2) is 0 Å². The Morgan fingerprint density at radius 3 is 1.68 bits per heavy atom. The number of likely N-dealkylation sites (N-methyl/N-ethyl adjacent to an activating group) is 1. The summed E-state index contributed by atoms with van der Waals surface area (Å²) in [6, 6.07) is -4.52. The zero-order chi connectivity index (χ0) is 38.5. The number of hydrogen-bond donors (Lipinski definition) is 7. The molecule has 16 heteroatoms. The van der Waals surface area contributed by atoms with E-state index < -0.39 is 88.4 Å². The third kappa shape index (κ3) is 13.1. The molecule has 0 heterocycles. The van der Waals surface area contributed by atoms with Crippen molar-refractivity contribution in [1.82, 2.24) is 31.9 Å². The first-order valence-electron chi connectivity index (χ1n) is 17.0. The molecule has 5 atom stereocenters. The highest BCUT2D eigenvalue weighted by molar-refractivity contribution is 5.99. The Morgan fingerprint density at radius 2 is 1.20 bits per heavy atom. The van der Waals surface area contributed by atoms with E-state index in [0.717, 1.165) is 0 Å². The maximum Gasteiger partial charge on any atom is 0.258 e. The SMILES string of the molecule is CCC[C@H](NC(=O)[C@H](CC(C)C)NC(=O)c1c(F)c(F)c(O)c(F)c1F)C(=O)N[C@H](CN[C@@H](C)C(=O)N[C@H](C(=O)NCC)C(C)C)CC(C)C. The van der Waals surface area contributed by atoms with Gasteiger partial charge in [0.05, 0.1) is 6.04 Å². The summed E-state index contributed by atoms with van der Waals surface area (Å²) in [6.07, 6.45) is 1.06. The third-order valence-electron chi connectivity index (χ3n) is 7.77. The van der Waals surface area contributed by atoms with Gasteiger partial charge in [-0.3, -0.25) is 24.0 Å². The van der Waals surface area contributed by atoms with Crippen molar-refractivity contribution in [2.45, 2.75) is 118 Å². The van der Waals surface area contributed by atoms with Gasteiger partial charge in [0.25, 0.3) is 5.91 Å². The van der Waals surface area contributed by atoms with Crippen molar-refractivity contribution in [3.63, 3.8) is 0 Å². The first kappa shape index (κ1) is 44.1. The number of halogens is 4. The fourth-order valence-corrected chi connectivity index (χ4v) is 5.16. The van der Waals surface area contributed by atoms with E-state index in [-0.39, 0.29) is 43.0 Å². The van der Waals surface area contributed by atoms with Crippen molar-refractivity contribution in [1.29, 1.82) is 0 Å². The summed E-state index contributed by atoms with van der Waals surface area (Å²) in [5.41, 5.74) is -1.65. The van der Waals surface area contributed by atoms with Crippen LogP contribution in [0.5, 0.6) is 5.75 Å². The highest BCUT2D eigenvalue weighted by Crippen LogP contribution is 2.29. The quantitative estimate of drug-likeness (QED) is 0.0800. The number of nitrogens with one attached hydrogen (secondary N) is 6. The molecule has 0 aliphatic rings. The summed E-state index contributed by atoms with van der Waals surface area (Å²) in [5, 5.41) is 25.4. The first-order chi connectivity index (χ1) is 23.3. The summed E-state index contributed by atoms with van der Waals surface area (Å²) in [6.45, 7) is 16.7. The molecular weight excluding hydrogens is 664 g/mol. The predicted molar refractivity (Wildman–Crippen MR) is 180 cm³/mol. The molecule has 0 aliphatic heterocycles. The summed E-state index contributed by atoms with van der Waals surface area (Å²) >= 11 is 0. The Kier molecular flexibility index (Phi) is 18.2. The van der Waals surface area contributed by atoms with Gasteiger partial charge in [-0.05, 0) is 50.9 Å². The number of carbonyl (C=O) groups excluding carboxylic acids is 5. The van der Waals surface area contributed by atoms with E-state index >= 15 is 0 Å². The molecule has 0 aliphatic carbocycles. The molecule has 1 rings (SSSR count). The number of phenols is 1. The predicted octanol–water partition coefficient (Wildman–Crippen LogP) is 3.16. The van der Waals surface area contributed by atoms with Crippen LogP contribution in [0.1, 0.15) is 98.4 Å². The Morgan fingerprint density at radius 1 is 0.660 bits per heavy atom. The lowest BCUT2D eigenvalue weighted by atomic mass is 10.0. The second-order valence-electron chi connectivity index (χ2n) is 13.6. The molecule has 7 N–H and O–H groups in total. The van der Waals surface area contributed by atoms with Crippen molar-refractivity contribution in [2.75, 3.05) is 13.1 Å². The highest BCUT2D eigenvalue weighted by atomic mass is 19.2. The van der Waals surface area contributed by atoms with Crippen LogP contribution in [0.2, 0.25) is 0 Å². The Bertz CT molecular complexity index is 1320. The van der Waals surface area contributed by atoms with Gasteiger partial charge in [-0.2, -0.15) is 8.78 Å². The molecule has 284 valence electrons. The van der Waals surface area contributed by atoms with Crippen LogP contribution in [-0.4, -0.2) is 77.9 Å². The lowest BCUT2D eigenvalue weighted by Crippen LogP contribution is -2.57. The normalized spacial score (nSPS) is 14.5. The lowest BCUT2D eigenvalue weighted by Gasteiger charge is -2.28. The molecule has 0 unspecified atom stereocenters. The number of carbonyl (C=O) groups is 5. The van der Waals surface area contributed by atoms with Crippen molar-refractivity contribution in [3.05, 3.63) is 28.8 Å². The zero-order valence-corrected chi connectivity index (χ0v) is 30.4. The van der Waals surface area contributed by atoms with Crippen LogP contribution < -0.4 is 31.9 Å². The summed E-state index contributed by atoms with van der Waals surface area (Å²) < 4.78 is 56.7. The molecular formula is C34H54F4N6O6. The van der Waals surface area contributed by atoms with Gasteiger partial charge in [-0.15, -0.1) is 0 Å². The van der Waals surface area contributed by atoms with Crippen LogP contribution in [0.25, 0.3) is 0 Å². The third-order valence-corrected chi connectivity index (χ3v) is 7.77. The zero-order valence-electron chi connectivity index (χ0n) is 30.4. The number of phenolic OH excluding ortho intramolecular Hbond substituents is 1. The molecule has 1 aromatic rings. The Hall–Kier alpha value is -3.95. The van der Waals surface area contributed by atoms with Crippen molar-refractivity contribution < 1.29 is 46.6 Å². The smallest absolute Gasteiger partial charge is 0.258 e. The first-order valence-corrected chi connectivity index (χ1v) is 17.0. The van der Waals surface area contributed by atoms with Gasteiger partial charge in [0.1, 0.15) is 23.7 Å². The largest absolute Gasteiger partial charge is 0.503 e. The summed E-state index contributed by atoms with van der Waals surface area (Å²) in [7, 11) is 0. The average Bonchev–Trinajstić information content (AvgIpc) is 3.02. The Labute approximate surface area is 291 Å². The molecule has 0 bridgehead atoms. The molecule has 0 saturated heterocycles. The molecule has 5 amide bonds. The van der Waals surface area contributed by atoms with Crippen LogP contribution >= 0.6 is 0 Å². The summed E-state index contributed by atoms with van der Waals surface area (Å²) in [5.74, 6) is -14.6. The topological polar surface area (TPSA) is 178 Å². The van der Waals surface area contributed by atoms with E-state index in [9.17, 15) is 46.6 Å². The highest BCUT2D eigenvalue weighted by Gasteiger charge is 2.33. The number of amides is 5. The van der Waals surface area contributed by atoms with Gasteiger partial charge < -0.3 is 37.0 Å². The molecule has 12 nitrogen and oxygen atoms in total. The number of benzene rings is 1. The molecule has 0 aromatic heterocycles.